The first kappa shape index (κ1) is 8.33. The average molecular weight is 159 g/mol. The predicted molar refractivity (Wildman–Crippen MR) is 38.9 cm³/mol. The number of aliphatic hydroxyl groups is 1. The highest BCUT2D eigenvalue weighted by atomic mass is 16.6. The Morgan fingerprint density at radius 3 is 2.36 bits per heavy atom. The molecule has 0 spiro atoms. The van der Waals surface area contributed by atoms with Crippen molar-refractivity contribution in [2.45, 2.75) is 37.9 Å². The van der Waals surface area contributed by atoms with Crippen LogP contribution in [0, 0.1) is 0 Å². The molecule has 4 nitrogen and oxygen atoms in total. The summed E-state index contributed by atoms with van der Waals surface area (Å²) in [4.78, 5) is 10.3. The van der Waals surface area contributed by atoms with E-state index in [1.807, 2.05) is 0 Å². The Kier molecular flexibility index (Phi) is 2.70. The lowest BCUT2D eigenvalue weighted by atomic mass is 9.95. The Bertz CT molecular complexity index is 141. The van der Waals surface area contributed by atoms with Gasteiger partial charge >= 0.3 is 6.09 Å². The summed E-state index contributed by atoms with van der Waals surface area (Å²) < 4.78 is 4.77. The summed E-state index contributed by atoms with van der Waals surface area (Å²) in [5, 5.41) is 9.09. The molecule has 0 aliphatic heterocycles. The van der Waals surface area contributed by atoms with Crippen LogP contribution in [0.15, 0.2) is 0 Å². The molecule has 1 saturated carbocycles. The maximum Gasteiger partial charge on any atom is 0.404 e. The van der Waals surface area contributed by atoms with Gasteiger partial charge in [0, 0.05) is 0 Å². The SMILES string of the molecule is NC(=O)O[C@H]1CC[C@H](O)CC1. The molecule has 1 amide bonds. The number of ether oxygens (including phenoxy) is 1. The van der Waals surface area contributed by atoms with E-state index >= 15 is 0 Å². The number of carbonyl (C=O) groups excluding carboxylic acids is 1. The molecule has 3 N–H and O–H groups in total. The van der Waals surface area contributed by atoms with Crippen LogP contribution in [0.2, 0.25) is 0 Å². The number of hydrogen-bond acceptors (Lipinski definition) is 3. The van der Waals surface area contributed by atoms with Crippen LogP contribution < -0.4 is 5.73 Å². The molecular weight excluding hydrogens is 146 g/mol. The average Bonchev–Trinajstić information content (AvgIpc) is 1.93. The number of aliphatic hydroxyl groups excluding tert-OH is 1. The Morgan fingerprint density at radius 1 is 1.36 bits per heavy atom. The second kappa shape index (κ2) is 3.57. The van der Waals surface area contributed by atoms with Crippen LogP contribution in [0.5, 0.6) is 0 Å². The standard InChI is InChI=1S/C7H13NO3/c8-7(10)11-6-3-1-5(9)2-4-6/h5-6,9H,1-4H2,(H2,8,10)/t5-,6-. The fourth-order valence-corrected chi connectivity index (χ4v) is 1.33. The van der Waals surface area contributed by atoms with Gasteiger partial charge in [0.1, 0.15) is 6.10 Å². The van der Waals surface area contributed by atoms with Gasteiger partial charge in [-0.1, -0.05) is 0 Å². The van der Waals surface area contributed by atoms with Crippen LogP contribution in [0.3, 0.4) is 0 Å². The van der Waals surface area contributed by atoms with Gasteiger partial charge in [-0.15, -0.1) is 0 Å². The third-order valence-electron chi connectivity index (χ3n) is 1.93. The molecule has 64 valence electrons. The van der Waals surface area contributed by atoms with Gasteiger partial charge in [0.2, 0.25) is 0 Å². The molecule has 0 aromatic rings. The van der Waals surface area contributed by atoms with Gasteiger partial charge in [-0.3, -0.25) is 0 Å². The van der Waals surface area contributed by atoms with Crippen molar-refractivity contribution in [1.82, 2.24) is 0 Å². The van der Waals surface area contributed by atoms with Crippen LogP contribution >= 0.6 is 0 Å². The van der Waals surface area contributed by atoms with Gasteiger partial charge in [-0.25, -0.2) is 4.79 Å². The van der Waals surface area contributed by atoms with E-state index in [2.05, 4.69) is 0 Å². The molecule has 0 atom stereocenters. The normalized spacial score (nSPS) is 31.4. The second-order valence-corrected chi connectivity index (χ2v) is 2.87. The first-order chi connectivity index (χ1) is 5.18. The summed E-state index contributed by atoms with van der Waals surface area (Å²) in [5.74, 6) is 0. The second-order valence-electron chi connectivity index (χ2n) is 2.87. The maximum atomic E-state index is 10.3. The van der Waals surface area contributed by atoms with Crippen molar-refractivity contribution >= 4 is 6.09 Å². The number of carbonyl (C=O) groups is 1. The molecule has 1 rings (SSSR count). The highest BCUT2D eigenvalue weighted by Crippen LogP contribution is 2.20. The summed E-state index contributed by atoms with van der Waals surface area (Å²) in [6.07, 6.45) is 1.86. The van der Waals surface area contributed by atoms with Crippen molar-refractivity contribution in [3.8, 4) is 0 Å². The fourth-order valence-electron chi connectivity index (χ4n) is 1.33. The van der Waals surface area contributed by atoms with Crippen molar-refractivity contribution in [3.05, 3.63) is 0 Å². The topological polar surface area (TPSA) is 72.6 Å². The van der Waals surface area contributed by atoms with Crippen LogP contribution in [0.1, 0.15) is 25.7 Å². The molecule has 4 heteroatoms. The zero-order valence-electron chi connectivity index (χ0n) is 6.32. The van der Waals surface area contributed by atoms with E-state index in [1.54, 1.807) is 0 Å². The maximum absolute atomic E-state index is 10.3. The predicted octanol–water partition coefficient (Wildman–Crippen LogP) is 0.385. The molecule has 1 fully saturated rings. The van der Waals surface area contributed by atoms with Gasteiger partial charge in [-0.05, 0) is 25.7 Å². The van der Waals surface area contributed by atoms with Gasteiger partial charge < -0.3 is 15.6 Å². The van der Waals surface area contributed by atoms with E-state index in [1.165, 1.54) is 0 Å². The first-order valence-electron chi connectivity index (χ1n) is 3.82. The number of primary amides is 1. The summed E-state index contributed by atoms with van der Waals surface area (Å²) in [7, 11) is 0. The largest absolute Gasteiger partial charge is 0.446 e. The number of amides is 1. The van der Waals surface area contributed by atoms with Crippen molar-refractivity contribution < 1.29 is 14.6 Å². The van der Waals surface area contributed by atoms with Crippen molar-refractivity contribution in [2.75, 3.05) is 0 Å². The third-order valence-corrected chi connectivity index (χ3v) is 1.93. The summed E-state index contributed by atoms with van der Waals surface area (Å²) >= 11 is 0. The van der Waals surface area contributed by atoms with Crippen molar-refractivity contribution in [1.29, 1.82) is 0 Å². The Balaban J connectivity index is 2.22. The molecule has 0 heterocycles. The minimum Gasteiger partial charge on any atom is -0.446 e. The molecule has 1 aliphatic rings. The van der Waals surface area contributed by atoms with E-state index in [0.29, 0.717) is 12.8 Å². The third kappa shape index (κ3) is 2.76. The zero-order chi connectivity index (χ0) is 8.27. The molecule has 0 saturated heterocycles. The van der Waals surface area contributed by atoms with Crippen LogP contribution in [-0.2, 0) is 4.74 Å². The highest BCUT2D eigenvalue weighted by Gasteiger charge is 2.21. The van der Waals surface area contributed by atoms with E-state index in [0.717, 1.165) is 12.8 Å². The van der Waals surface area contributed by atoms with E-state index in [9.17, 15) is 4.79 Å². The Labute approximate surface area is 65.3 Å². The molecule has 11 heavy (non-hydrogen) atoms. The Morgan fingerprint density at radius 2 is 1.91 bits per heavy atom. The van der Waals surface area contributed by atoms with E-state index in [4.69, 9.17) is 15.6 Å². The molecule has 0 unspecified atom stereocenters. The summed E-state index contributed by atoms with van der Waals surface area (Å²) in [6, 6.07) is 0. The molecule has 0 radical (unpaired) electrons. The van der Waals surface area contributed by atoms with E-state index < -0.39 is 6.09 Å². The monoisotopic (exact) mass is 159 g/mol. The van der Waals surface area contributed by atoms with Crippen molar-refractivity contribution in [2.24, 2.45) is 5.73 Å². The molecule has 0 bridgehead atoms. The summed E-state index contributed by atoms with van der Waals surface area (Å²) in [6.45, 7) is 0. The van der Waals surface area contributed by atoms with Gasteiger partial charge in [-0.2, -0.15) is 0 Å². The fraction of sp³-hybridized carbons (Fsp3) is 0.857. The molecule has 0 aromatic carbocycles. The highest BCUT2D eigenvalue weighted by molar-refractivity contribution is 5.64. The lowest BCUT2D eigenvalue weighted by molar-refractivity contribution is 0.0382. The smallest absolute Gasteiger partial charge is 0.404 e. The minimum absolute atomic E-state index is 0.0732. The molecule has 0 aromatic heterocycles. The quantitative estimate of drug-likeness (QED) is 0.581. The Hall–Kier alpha value is -0.770. The lowest BCUT2D eigenvalue weighted by Crippen LogP contribution is -2.28. The molecular formula is C7H13NO3. The van der Waals surface area contributed by atoms with Gasteiger partial charge in [0.25, 0.3) is 0 Å². The lowest BCUT2D eigenvalue weighted by Gasteiger charge is -2.24. The summed E-state index contributed by atoms with van der Waals surface area (Å²) in [5.41, 5.74) is 4.83. The zero-order valence-corrected chi connectivity index (χ0v) is 6.32. The van der Waals surface area contributed by atoms with Crippen LogP contribution in [0.4, 0.5) is 4.79 Å². The minimum atomic E-state index is -0.716. The number of hydrogen-bond donors (Lipinski definition) is 2. The van der Waals surface area contributed by atoms with E-state index in [-0.39, 0.29) is 12.2 Å². The van der Waals surface area contributed by atoms with Crippen molar-refractivity contribution in [3.63, 3.8) is 0 Å². The van der Waals surface area contributed by atoms with Gasteiger partial charge in [0.05, 0.1) is 6.10 Å². The van der Waals surface area contributed by atoms with Crippen LogP contribution in [-0.4, -0.2) is 23.4 Å². The van der Waals surface area contributed by atoms with Crippen LogP contribution in [0.25, 0.3) is 0 Å². The number of nitrogens with two attached hydrogens (primary N) is 1. The van der Waals surface area contributed by atoms with Gasteiger partial charge in [0.15, 0.2) is 0 Å². The number of rotatable bonds is 1. The first-order valence-corrected chi connectivity index (χ1v) is 3.82. The molecule has 1 aliphatic carbocycles.